The molecule has 1 aromatic heterocycles. The third kappa shape index (κ3) is 2.48. The van der Waals surface area contributed by atoms with E-state index in [2.05, 4.69) is 52.1 Å². The van der Waals surface area contributed by atoms with Crippen molar-refractivity contribution in [3.05, 3.63) is 53.5 Å². The minimum atomic E-state index is 0.418. The molecule has 20 heavy (non-hydrogen) atoms. The summed E-state index contributed by atoms with van der Waals surface area (Å²) in [4.78, 5) is 10.5. The van der Waals surface area contributed by atoms with Gasteiger partial charge in [0.1, 0.15) is 6.07 Å². The molecule has 1 aliphatic rings. The Balaban J connectivity index is 1.63. The first-order chi connectivity index (χ1) is 9.76. The number of aromatic nitrogens is 2. The second-order valence-corrected chi connectivity index (χ2v) is 5.30. The second-order valence-electron chi connectivity index (χ2n) is 5.30. The molecule has 0 unspecified atom stereocenters. The highest BCUT2D eigenvalue weighted by Gasteiger charge is 2.29. The summed E-state index contributed by atoms with van der Waals surface area (Å²) in [6, 6.07) is 10.8. The fourth-order valence-corrected chi connectivity index (χ4v) is 2.69. The lowest BCUT2D eigenvalue weighted by molar-refractivity contribution is 0.404. The average molecular weight is 264 g/mol. The van der Waals surface area contributed by atoms with Crippen LogP contribution < -0.4 is 4.90 Å². The first kappa shape index (κ1) is 12.6. The van der Waals surface area contributed by atoms with E-state index in [-0.39, 0.29) is 0 Å². The molecule has 0 amide bonds. The van der Waals surface area contributed by atoms with Crippen LogP contribution in [0.25, 0.3) is 0 Å². The number of benzene rings is 1. The Hall–Kier alpha value is -2.41. The number of aryl methyl sites for hydroxylation is 1. The van der Waals surface area contributed by atoms with Crippen molar-refractivity contribution in [2.45, 2.75) is 13.3 Å². The molecule has 1 saturated heterocycles. The van der Waals surface area contributed by atoms with Gasteiger partial charge in [0.05, 0.1) is 0 Å². The van der Waals surface area contributed by atoms with Gasteiger partial charge in [-0.15, -0.1) is 0 Å². The average Bonchev–Trinajstić information content (AvgIpc) is 2.42. The highest BCUT2D eigenvalue weighted by molar-refractivity contribution is 5.51. The number of nitrogens with zero attached hydrogens (tertiary/aromatic N) is 4. The van der Waals surface area contributed by atoms with Gasteiger partial charge in [0, 0.05) is 25.5 Å². The fourth-order valence-electron chi connectivity index (χ4n) is 2.69. The molecule has 1 aliphatic heterocycles. The van der Waals surface area contributed by atoms with Gasteiger partial charge in [-0.3, -0.25) is 0 Å². The summed E-state index contributed by atoms with van der Waals surface area (Å²) in [5.41, 5.74) is 3.11. The minimum Gasteiger partial charge on any atom is -0.353 e. The SMILES string of the molecule is Cc1cccc(CC2CN(c3nccnc3C#N)C2)c1. The monoisotopic (exact) mass is 264 g/mol. The molecule has 0 radical (unpaired) electrons. The zero-order chi connectivity index (χ0) is 13.9. The Labute approximate surface area is 118 Å². The van der Waals surface area contributed by atoms with Crippen molar-refractivity contribution >= 4 is 5.82 Å². The van der Waals surface area contributed by atoms with Gasteiger partial charge in [-0.1, -0.05) is 29.8 Å². The fraction of sp³-hybridized carbons (Fsp3) is 0.312. The first-order valence-corrected chi connectivity index (χ1v) is 6.78. The highest BCUT2D eigenvalue weighted by Crippen LogP contribution is 2.26. The molecule has 2 heterocycles. The summed E-state index contributed by atoms with van der Waals surface area (Å²) in [6.07, 6.45) is 4.29. The van der Waals surface area contributed by atoms with Crippen LogP contribution in [0.3, 0.4) is 0 Å². The van der Waals surface area contributed by atoms with Gasteiger partial charge >= 0.3 is 0 Å². The van der Waals surface area contributed by atoms with Crippen molar-refractivity contribution in [1.82, 2.24) is 9.97 Å². The molecule has 0 N–H and O–H groups in total. The lowest BCUT2D eigenvalue weighted by atomic mass is 9.91. The van der Waals surface area contributed by atoms with Crippen LogP contribution in [0.1, 0.15) is 16.8 Å². The highest BCUT2D eigenvalue weighted by atomic mass is 15.2. The standard InChI is InChI=1S/C16H16N4/c1-12-3-2-4-13(7-12)8-14-10-20(11-14)16-15(9-17)18-5-6-19-16/h2-7,14H,8,10-11H2,1H3. The molecule has 0 atom stereocenters. The lowest BCUT2D eigenvalue weighted by Gasteiger charge is -2.40. The topological polar surface area (TPSA) is 52.8 Å². The molecule has 0 bridgehead atoms. The maximum absolute atomic E-state index is 9.04. The summed E-state index contributed by atoms with van der Waals surface area (Å²) in [6.45, 7) is 4.01. The quantitative estimate of drug-likeness (QED) is 0.853. The Bertz CT molecular complexity index is 654. The first-order valence-electron chi connectivity index (χ1n) is 6.78. The summed E-state index contributed by atoms with van der Waals surface area (Å²) in [5.74, 6) is 1.35. The smallest absolute Gasteiger partial charge is 0.183 e. The van der Waals surface area contributed by atoms with E-state index in [1.165, 1.54) is 11.1 Å². The Morgan fingerprint density at radius 3 is 2.85 bits per heavy atom. The summed E-state index contributed by atoms with van der Waals surface area (Å²) < 4.78 is 0. The van der Waals surface area contributed by atoms with Crippen molar-refractivity contribution < 1.29 is 0 Å². The summed E-state index contributed by atoms with van der Waals surface area (Å²) in [5, 5.41) is 9.04. The van der Waals surface area contributed by atoms with E-state index in [9.17, 15) is 0 Å². The van der Waals surface area contributed by atoms with Crippen LogP contribution in [0.2, 0.25) is 0 Å². The Morgan fingerprint density at radius 2 is 2.10 bits per heavy atom. The molecule has 100 valence electrons. The number of anilines is 1. The third-order valence-corrected chi connectivity index (χ3v) is 3.65. The predicted octanol–water partition coefficient (Wildman–Crippen LogP) is 2.34. The molecule has 4 heteroatoms. The van der Waals surface area contributed by atoms with Crippen LogP contribution in [0.5, 0.6) is 0 Å². The van der Waals surface area contributed by atoms with E-state index in [0.717, 1.165) is 25.3 Å². The molecule has 0 spiro atoms. The van der Waals surface area contributed by atoms with Crippen LogP contribution in [0.4, 0.5) is 5.82 Å². The van der Waals surface area contributed by atoms with Gasteiger partial charge in [0.15, 0.2) is 11.5 Å². The van der Waals surface area contributed by atoms with Crippen molar-refractivity contribution in [2.75, 3.05) is 18.0 Å². The zero-order valence-corrected chi connectivity index (χ0v) is 11.5. The van der Waals surface area contributed by atoms with Gasteiger partial charge in [0.25, 0.3) is 0 Å². The van der Waals surface area contributed by atoms with E-state index < -0.39 is 0 Å². The van der Waals surface area contributed by atoms with E-state index in [0.29, 0.717) is 11.6 Å². The van der Waals surface area contributed by atoms with Crippen molar-refractivity contribution in [3.8, 4) is 6.07 Å². The van der Waals surface area contributed by atoms with Gasteiger partial charge in [-0.2, -0.15) is 5.26 Å². The maximum Gasteiger partial charge on any atom is 0.183 e. The Morgan fingerprint density at radius 1 is 1.30 bits per heavy atom. The van der Waals surface area contributed by atoms with Crippen LogP contribution in [-0.4, -0.2) is 23.1 Å². The van der Waals surface area contributed by atoms with Gasteiger partial charge in [-0.25, -0.2) is 9.97 Å². The number of rotatable bonds is 3. The molecule has 0 aliphatic carbocycles. The van der Waals surface area contributed by atoms with Gasteiger partial charge in [0.2, 0.25) is 0 Å². The van der Waals surface area contributed by atoms with Crippen LogP contribution in [0.15, 0.2) is 36.7 Å². The third-order valence-electron chi connectivity index (χ3n) is 3.65. The predicted molar refractivity (Wildman–Crippen MR) is 77.3 cm³/mol. The van der Waals surface area contributed by atoms with E-state index in [4.69, 9.17) is 5.26 Å². The van der Waals surface area contributed by atoms with Gasteiger partial charge < -0.3 is 4.90 Å². The second kappa shape index (κ2) is 5.30. The molecular weight excluding hydrogens is 248 g/mol. The van der Waals surface area contributed by atoms with E-state index >= 15 is 0 Å². The summed E-state index contributed by atoms with van der Waals surface area (Å²) in [7, 11) is 0. The van der Waals surface area contributed by atoms with Crippen molar-refractivity contribution in [3.63, 3.8) is 0 Å². The van der Waals surface area contributed by atoms with Crippen LogP contribution >= 0.6 is 0 Å². The molecule has 0 saturated carbocycles. The van der Waals surface area contributed by atoms with Crippen molar-refractivity contribution in [2.24, 2.45) is 5.92 Å². The van der Waals surface area contributed by atoms with Crippen LogP contribution in [-0.2, 0) is 6.42 Å². The maximum atomic E-state index is 9.04. The van der Waals surface area contributed by atoms with E-state index in [1.807, 2.05) is 0 Å². The summed E-state index contributed by atoms with van der Waals surface area (Å²) >= 11 is 0. The largest absolute Gasteiger partial charge is 0.353 e. The minimum absolute atomic E-state index is 0.418. The normalized spacial score (nSPS) is 14.7. The molecule has 1 aromatic carbocycles. The zero-order valence-electron chi connectivity index (χ0n) is 11.5. The number of hydrogen-bond donors (Lipinski definition) is 0. The van der Waals surface area contributed by atoms with Gasteiger partial charge in [-0.05, 0) is 24.8 Å². The molecule has 1 fully saturated rings. The number of nitriles is 1. The molecular formula is C16H16N4. The molecule has 4 nitrogen and oxygen atoms in total. The molecule has 3 rings (SSSR count). The lowest BCUT2D eigenvalue weighted by Crippen LogP contribution is -2.48. The Kier molecular flexibility index (Phi) is 3.34. The number of hydrogen-bond acceptors (Lipinski definition) is 4. The van der Waals surface area contributed by atoms with Crippen LogP contribution in [0, 0.1) is 24.2 Å². The molecule has 2 aromatic rings. The van der Waals surface area contributed by atoms with Crippen molar-refractivity contribution in [1.29, 1.82) is 5.26 Å². The van der Waals surface area contributed by atoms with E-state index in [1.54, 1.807) is 12.4 Å².